The Balaban J connectivity index is 1.38. The first-order valence-corrected chi connectivity index (χ1v) is 10.2. The van der Waals surface area contributed by atoms with Crippen LogP contribution in [0, 0.1) is 0 Å². The summed E-state index contributed by atoms with van der Waals surface area (Å²) in [6, 6.07) is 20.9. The standard InChI is InChI=1S/C23H19Cl2N3O2/c24-19-10-6-16(12-20(19)25)14-30-17-8-9-18-21(13-17)27-28-23(18)26-22(29)11-7-15-4-2-1-3-5-15/h1-6,8-10,12-13H,7,11,14H2,(H2,26,27,28,29). The van der Waals surface area contributed by atoms with Crippen molar-refractivity contribution in [1.82, 2.24) is 10.2 Å². The molecule has 0 unspecified atom stereocenters. The zero-order valence-corrected chi connectivity index (χ0v) is 17.5. The fourth-order valence-corrected chi connectivity index (χ4v) is 3.40. The van der Waals surface area contributed by atoms with Crippen molar-refractivity contribution in [1.29, 1.82) is 0 Å². The van der Waals surface area contributed by atoms with Gasteiger partial charge < -0.3 is 10.1 Å². The van der Waals surface area contributed by atoms with Gasteiger partial charge in [0.1, 0.15) is 12.4 Å². The normalized spacial score (nSPS) is 10.9. The van der Waals surface area contributed by atoms with E-state index in [0.717, 1.165) is 22.0 Å². The number of aromatic amines is 1. The summed E-state index contributed by atoms with van der Waals surface area (Å²) < 4.78 is 5.84. The van der Waals surface area contributed by atoms with Gasteiger partial charge in [0, 0.05) is 17.9 Å². The van der Waals surface area contributed by atoms with Crippen LogP contribution in [-0.2, 0) is 17.8 Å². The largest absolute Gasteiger partial charge is 0.489 e. The van der Waals surface area contributed by atoms with Gasteiger partial charge >= 0.3 is 0 Å². The van der Waals surface area contributed by atoms with Crippen LogP contribution < -0.4 is 10.1 Å². The number of nitrogens with one attached hydrogen (secondary N) is 2. The Bertz CT molecular complexity index is 1180. The molecular formula is C23H19Cl2N3O2. The van der Waals surface area contributed by atoms with Crippen LogP contribution in [0.4, 0.5) is 5.82 Å². The minimum absolute atomic E-state index is 0.0767. The third kappa shape index (κ3) is 4.93. The molecule has 0 fully saturated rings. The lowest BCUT2D eigenvalue weighted by Gasteiger charge is -2.07. The van der Waals surface area contributed by atoms with E-state index < -0.39 is 0 Å². The molecular weight excluding hydrogens is 421 g/mol. The number of hydrogen-bond donors (Lipinski definition) is 2. The number of H-pyrrole nitrogens is 1. The van der Waals surface area contributed by atoms with Crippen LogP contribution in [0.25, 0.3) is 10.9 Å². The number of ether oxygens (including phenoxy) is 1. The van der Waals surface area contributed by atoms with Crippen molar-refractivity contribution < 1.29 is 9.53 Å². The lowest BCUT2D eigenvalue weighted by atomic mass is 10.1. The van der Waals surface area contributed by atoms with Crippen LogP contribution in [0.3, 0.4) is 0 Å². The molecule has 1 aromatic heterocycles. The SMILES string of the molecule is O=C(CCc1ccccc1)Nc1n[nH]c2cc(OCc3ccc(Cl)c(Cl)c3)ccc12. The second-order valence-corrected chi connectivity index (χ2v) is 7.66. The van der Waals surface area contributed by atoms with E-state index in [9.17, 15) is 4.79 Å². The van der Waals surface area contributed by atoms with Gasteiger partial charge in [-0.1, -0.05) is 59.6 Å². The second kappa shape index (κ2) is 9.20. The smallest absolute Gasteiger partial charge is 0.225 e. The molecule has 1 heterocycles. The van der Waals surface area contributed by atoms with Gasteiger partial charge in [0.15, 0.2) is 5.82 Å². The van der Waals surface area contributed by atoms with E-state index in [1.54, 1.807) is 12.1 Å². The number of anilines is 1. The summed E-state index contributed by atoms with van der Waals surface area (Å²) in [6.45, 7) is 0.361. The van der Waals surface area contributed by atoms with Gasteiger partial charge in [-0.25, -0.2) is 0 Å². The Morgan fingerprint density at radius 3 is 2.60 bits per heavy atom. The lowest BCUT2D eigenvalue weighted by Crippen LogP contribution is -2.12. The van der Waals surface area contributed by atoms with Gasteiger partial charge in [-0.15, -0.1) is 0 Å². The van der Waals surface area contributed by atoms with Crippen molar-refractivity contribution in [2.24, 2.45) is 0 Å². The summed E-state index contributed by atoms with van der Waals surface area (Å²) in [4.78, 5) is 12.3. The van der Waals surface area contributed by atoms with Crippen molar-refractivity contribution in [3.63, 3.8) is 0 Å². The topological polar surface area (TPSA) is 67.0 Å². The van der Waals surface area contributed by atoms with Crippen molar-refractivity contribution in [2.45, 2.75) is 19.4 Å². The van der Waals surface area contributed by atoms with E-state index in [4.69, 9.17) is 27.9 Å². The predicted octanol–water partition coefficient (Wildman–Crippen LogP) is 6.02. The zero-order chi connectivity index (χ0) is 20.9. The maximum Gasteiger partial charge on any atom is 0.225 e. The number of fused-ring (bicyclic) bond motifs is 1. The highest BCUT2D eigenvalue weighted by atomic mass is 35.5. The summed E-state index contributed by atoms with van der Waals surface area (Å²) in [7, 11) is 0. The predicted molar refractivity (Wildman–Crippen MR) is 120 cm³/mol. The first kappa shape index (κ1) is 20.3. The van der Waals surface area contributed by atoms with Gasteiger partial charge in [0.2, 0.25) is 5.91 Å². The molecule has 152 valence electrons. The van der Waals surface area contributed by atoms with Crippen LogP contribution in [0.5, 0.6) is 5.75 Å². The highest BCUT2D eigenvalue weighted by Crippen LogP contribution is 2.27. The Hall–Kier alpha value is -3.02. The average molecular weight is 440 g/mol. The molecule has 0 saturated carbocycles. The van der Waals surface area contributed by atoms with Crippen molar-refractivity contribution in [2.75, 3.05) is 5.32 Å². The first-order chi connectivity index (χ1) is 14.6. The third-order valence-electron chi connectivity index (χ3n) is 4.67. The number of carbonyl (C=O) groups excluding carboxylic acids is 1. The van der Waals surface area contributed by atoms with Gasteiger partial charge in [-0.3, -0.25) is 9.89 Å². The molecule has 0 radical (unpaired) electrons. The molecule has 0 aliphatic heterocycles. The van der Waals surface area contributed by atoms with E-state index in [0.29, 0.717) is 41.1 Å². The fraction of sp³-hybridized carbons (Fsp3) is 0.130. The van der Waals surface area contributed by atoms with E-state index in [1.807, 2.05) is 54.6 Å². The van der Waals surface area contributed by atoms with Crippen LogP contribution in [0.15, 0.2) is 66.7 Å². The van der Waals surface area contributed by atoms with Crippen molar-refractivity contribution >= 4 is 45.8 Å². The molecule has 0 saturated heterocycles. The molecule has 30 heavy (non-hydrogen) atoms. The molecule has 0 atom stereocenters. The minimum Gasteiger partial charge on any atom is -0.489 e. The molecule has 3 aromatic carbocycles. The van der Waals surface area contributed by atoms with Gasteiger partial charge in [0.25, 0.3) is 0 Å². The summed E-state index contributed by atoms with van der Waals surface area (Å²) >= 11 is 12.0. The number of rotatable bonds is 7. The number of amides is 1. The van der Waals surface area contributed by atoms with Crippen LogP contribution in [0.2, 0.25) is 10.0 Å². The number of benzene rings is 3. The van der Waals surface area contributed by atoms with Crippen LogP contribution in [-0.4, -0.2) is 16.1 Å². The fourth-order valence-electron chi connectivity index (χ4n) is 3.08. The van der Waals surface area contributed by atoms with Crippen molar-refractivity contribution in [3.8, 4) is 5.75 Å². The molecule has 1 amide bonds. The summed E-state index contributed by atoms with van der Waals surface area (Å²) in [5.74, 6) is 1.12. The number of nitrogens with zero attached hydrogens (tertiary/aromatic N) is 1. The highest BCUT2D eigenvalue weighted by molar-refractivity contribution is 6.42. The number of aromatic nitrogens is 2. The minimum atomic E-state index is -0.0767. The number of carbonyl (C=O) groups is 1. The Morgan fingerprint density at radius 2 is 1.80 bits per heavy atom. The first-order valence-electron chi connectivity index (χ1n) is 9.47. The van der Waals surface area contributed by atoms with E-state index >= 15 is 0 Å². The van der Waals surface area contributed by atoms with Crippen molar-refractivity contribution in [3.05, 3.63) is 87.9 Å². The van der Waals surface area contributed by atoms with E-state index in [2.05, 4.69) is 15.5 Å². The average Bonchev–Trinajstić information content (AvgIpc) is 3.16. The van der Waals surface area contributed by atoms with Gasteiger partial charge in [0.05, 0.1) is 15.6 Å². The zero-order valence-electron chi connectivity index (χ0n) is 16.0. The van der Waals surface area contributed by atoms with Gasteiger partial charge in [-0.2, -0.15) is 5.10 Å². The Kier molecular flexibility index (Phi) is 6.21. The molecule has 5 nitrogen and oxygen atoms in total. The Labute approximate surface area is 184 Å². The van der Waals surface area contributed by atoms with Gasteiger partial charge in [-0.05, 0) is 41.8 Å². The molecule has 4 aromatic rings. The molecule has 0 spiro atoms. The Morgan fingerprint density at radius 1 is 0.967 bits per heavy atom. The lowest BCUT2D eigenvalue weighted by molar-refractivity contribution is -0.116. The second-order valence-electron chi connectivity index (χ2n) is 6.85. The van der Waals surface area contributed by atoms with E-state index in [1.165, 1.54) is 0 Å². The maximum absolute atomic E-state index is 12.3. The van der Waals surface area contributed by atoms with E-state index in [-0.39, 0.29) is 5.91 Å². The summed E-state index contributed by atoms with van der Waals surface area (Å²) in [5, 5.41) is 11.9. The molecule has 4 rings (SSSR count). The summed E-state index contributed by atoms with van der Waals surface area (Å²) in [6.07, 6.45) is 1.07. The maximum atomic E-state index is 12.3. The molecule has 0 aliphatic rings. The number of hydrogen-bond acceptors (Lipinski definition) is 3. The molecule has 2 N–H and O–H groups in total. The molecule has 7 heteroatoms. The highest BCUT2D eigenvalue weighted by Gasteiger charge is 2.11. The number of halogens is 2. The monoisotopic (exact) mass is 439 g/mol. The molecule has 0 aliphatic carbocycles. The quantitative estimate of drug-likeness (QED) is 0.369. The van der Waals surface area contributed by atoms with Crippen LogP contribution >= 0.6 is 23.2 Å². The third-order valence-corrected chi connectivity index (χ3v) is 5.40. The number of aryl methyl sites for hydroxylation is 1. The summed E-state index contributed by atoms with van der Waals surface area (Å²) in [5.41, 5.74) is 2.82. The van der Waals surface area contributed by atoms with Crippen LogP contribution in [0.1, 0.15) is 17.5 Å². The molecule has 0 bridgehead atoms.